The molecule has 1 aliphatic heterocycles. The second kappa shape index (κ2) is 7.42. The maximum absolute atomic E-state index is 13.1. The number of aryl methyl sites for hydroxylation is 1. The quantitative estimate of drug-likeness (QED) is 0.675. The fourth-order valence-corrected chi connectivity index (χ4v) is 3.89. The van der Waals surface area contributed by atoms with E-state index in [0.717, 1.165) is 28.9 Å². The van der Waals surface area contributed by atoms with Crippen molar-refractivity contribution in [2.24, 2.45) is 0 Å². The van der Waals surface area contributed by atoms with Gasteiger partial charge in [-0.3, -0.25) is 19.8 Å². The molecule has 2 aliphatic rings. The average Bonchev–Trinajstić information content (AvgIpc) is 3.30. The molecule has 2 aromatic rings. The molecular weight excluding hydrogens is 376 g/mol. The number of nitrogens with one attached hydrogen (secondary N) is 3. The van der Waals surface area contributed by atoms with Gasteiger partial charge in [-0.15, -0.1) is 0 Å². The Bertz CT molecular complexity index is 971. The molecule has 1 atom stereocenters. The summed E-state index contributed by atoms with van der Waals surface area (Å²) in [6, 6.07) is 9.46. The summed E-state index contributed by atoms with van der Waals surface area (Å²) in [4.78, 5) is 50.5. The lowest BCUT2D eigenvalue weighted by Crippen LogP contribution is -2.48. The summed E-state index contributed by atoms with van der Waals surface area (Å²) in [7, 11) is 0. The topological polar surface area (TPSA) is 121 Å². The third kappa shape index (κ3) is 3.46. The van der Waals surface area contributed by atoms with Gasteiger partial charge in [-0.05, 0) is 42.5 Å². The van der Waals surface area contributed by atoms with Gasteiger partial charge in [0.2, 0.25) is 5.91 Å². The minimum Gasteiger partial charge on any atom is -0.467 e. The number of amides is 6. The Morgan fingerprint density at radius 1 is 1.17 bits per heavy atom. The lowest BCUT2D eigenvalue weighted by molar-refractivity contribution is -0.135. The monoisotopic (exact) mass is 396 g/mol. The van der Waals surface area contributed by atoms with Crippen molar-refractivity contribution in [1.29, 1.82) is 0 Å². The molecule has 9 heteroatoms. The van der Waals surface area contributed by atoms with Crippen LogP contribution >= 0.6 is 0 Å². The zero-order chi connectivity index (χ0) is 20.4. The third-order valence-corrected chi connectivity index (χ3v) is 5.21. The zero-order valence-electron chi connectivity index (χ0n) is 15.6. The van der Waals surface area contributed by atoms with Crippen molar-refractivity contribution in [3.8, 4) is 0 Å². The van der Waals surface area contributed by atoms with E-state index in [9.17, 15) is 19.2 Å². The van der Waals surface area contributed by atoms with Gasteiger partial charge in [-0.2, -0.15) is 0 Å². The molecule has 0 radical (unpaired) electrons. The molecule has 2 heterocycles. The van der Waals surface area contributed by atoms with Crippen molar-refractivity contribution in [3.63, 3.8) is 0 Å². The first-order chi connectivity index (χ1) is 14.0. The second-order valence-corrected chi connectivity index (χ2v) is 7.05. The number of furan rings is 1. The van der Waals surface area contributed by atoms with Crippen molar-refractivity contribution in [2.45, 2.75) is 31.3 Å². The first-order valence-electron chi connectivity index (χ1n) is 9.32. The van der Waals surface area contributed by atoms with Crippen molar-refractivity contribution >= 4 is 23.9 Å². The molecule has 6 amide bonds. The molecule has 1 fully saturated rings. The summed E-state index contributed by atoms with van der Waals surface area (Å²) in [6.45, 7) is -0.433. The van der Waals surface area contributed by atoms with Crippen LogP contribution < -0.4 is 16.0 Å². The van der Waals surface area contributed by atoms with E-state index in [4.69, 9.17) is 4.42 Å². The van der Waals surface area contributed by atoms with E-state index in [2.05, 4.69) is 16.0 Å². The SMILES string of the molecule is O=C(CN1C(=O)N[C@@]2(CCCc3ccccc32)C1=O)NC(=O)NCc1ccco1. The summed E-state index contributed by atoms with van der Waals surface area (Å²) in [5, 5.41) is 7.35. The second-order valence-electron chi connectivity index (χ2n) is 7.05. The summed E-state index contributed by atoms with van der Waals surface area (Å²) in [5.41, 5.74) is 0.632. The molecule has 4 rings (SSSR count). The van der Waals surface area contributed by atoms with Crippen LogP contribution in [-0.2, 0) is 28.1 Å². The molecule has 1 aromatic carbocycles. The zero-order valence-corrected chi connectivity index (χ0v) is 15.6. The van der Waals surface area contributed by atoms with Gasteiger partial charge in [-0.25, -0.2) is 9.59 Å². The molecule has 29 heavy (non-hydrogen) atoms. The van der Waals surface area contributed by atoms with Gasteiger partial charge in [0.05, 0.1) is 12.8 Å². The van der Waals surface area contributed by atoms with E-state index < -0.39 is 36.0 Å². The first kappa shape index (κ1) is 18.7. The van der Waals surface area contributed by atoms with E-state index >= 15 is 0 Å². The number of hydrogen-bond acceptors (Lipinski definition) is 5. The van der Waals surface area contributed by atoms with E-state index in [1.807, 2.05) is 24.3 Å². The lowest BCUT2D eigenvalue weighted by Gasteiger charge is -2.33. The summed E-state index contributed by atoms with van der Waals surface area (Å²) < 4.78 is 5.08. The van der Waals surface area contributed by atoms with Crippen LogP contribution in [0.2, 0.25) is 0 Å². The molecule has 1 aromatic heterocycles. The molecule has 0 unspecified atom stereocenters. The van der Waals surface area contributed by atoms with Crippen LogP contribution in [0.15, 0.2) is 47.1 Å². The molecule has 1 saturated heterocycles. The maximum Gasteiger partial charge on any atom is 0.325 e. The lowest BCUT2D eigenvalue weighted by atomic mass is 9.76. The van der Waals surface area contributed by atoms with Crippen LogP contribution in [-0.4, -0.2) is 35.3 Å². The molecule has 0 saturated carbocycles. The Morgan fingerprint density at radius 2 is 2.00 bits per heavy atom. The molecule has 9 nitrogen and oxygen atoms in total. The molecule has 150 valence electrons. The molecule has 1 aliphatic carbocycles. The van der Waals surface area contributed by atoms with Crippen LogP contribution in [0.4, 0.5) is 9.59 Å². The third-order valence-electron chi connectivity index (χ3n) is 5.21. The Hall–Kier alpha value is -3.62. The smallest absolute Gasteiger partial charge is 0.325 e. The molecule has 1 spiro atoms. The Labute approximate surface area is 166 Å². The van der Waals surface area contributed by atoms with Crippen LogP contribution in [0, 0.1) is 0 Å². The fraction of sp³-hybridized carbons (Fsp3) is 0.300. The minimum absolute atomic E-state index is 0.106. The number of urea groups is 2. The average molecular weight is 396 g/mol. The van der Waals surface area contributed by atoms with Gasteiger partial charge in [0.15, 0.2) is 0 Å². The number of nitrogens with zero attached hydrogens (tertiary/aromatic N) is 1. The standard InChI is InChI=1S/C20H20N4O5/c25-16(22-18(27)21-11-14-7-4-10-29-14)12-24-17(26)20(23-19(24)28)9-3-6-13-5-1-2-8-15(13)20/h1-2,4-5,7-8,10H,3,6,9,11-12H2,(H,23,28)(H2,21,22,25,27)/t20-/m1/s1. The Balaban J connectivity index is 1.41. The van der Waals surface area contributed by atoms with Gasteiger partial charge in [0.1, 0.15) is 17.8 Å². The summed E-state index contributed by atoms with van der Waals surface area (Å²) in [5.74, 6) is -0.702. The van der Waals surface area contributed by atoms with Crippen LogP contribution in [0.1, 0.15) is 29.7 Å². The number of benzene rings is 1. The Kier molecular flexibility index (Phi) is 4.79. The van der Waals surface area contributed by atoms with Crippen molar-refractivity contribution < 1.29 is 23.6 Å². The van der Waals surface area contributed by atoms with Crippen molar-refractivity contribution in [2.75, 3.05) is 6.54 Å². The normalized spacial score (nSPS) is 20.3. The van der Waals surface area contributed by atoms with Gasteiger partial charge >= 0.3 is 12.1 Å². The van der Waals surface area contributed by atoms with Crippen LogP contribution in [0.25, 0.3) is 0 Å². The number of imide groups is 2. The number of fused-ring (bicyclic) bond motifs is 2. The highest BCUT2D eigenvalue weighted by Crippen LogP contribution is 2.39. The molecular formula is C20H20N4O5. The predicted molar refractivity (Wildman–Crippen MR) is 100 cm³/mol. The van der Waals surface area contributed by atoms with Crippen LogP contribution in [0.3, 0.4) is 0 Å². The van der Waals surface area contributed by atoms with E-state index in [0.29, 0.717) is 12.2 Å². The van der Waals surface area contributed by atoms with Crippen molar-refractivity contribution in [1.82, 2.24) is 20.9 Å². The minimum atomic E-state index is -1.15. The van der Waals surface area contributed by atoms with Gasteiger partial charge in [0.25, 0.3) is 5.91 Å². The summed E-state index contributed by atoms with van der Waals surface area (Å²) in [6.07, 6.45) is 3.52. The fourth-order valence-electron chi connectivity index (χ4n) is 3.89. The van der Waals surface area contributed by atoms with Gasteiger partial charge < -0.3 is 15.1 Å². The van der Waals surface area contributed by atoms with Gasteiger partial charge in [0, 0.05) is 0 Å². The van der Waals surface area contributed by atoms with E-state index in [-0.39, 0.29) is 6.54 Å². The number of carbonyl (C=O) groups is 4. The summed E-state index contributed by atoms with van der Waals surface area (Å²) >= 11 is 0. The Morgan fingerprint density at radius 3 is 2.79 bits per heavy atom. The number of carbonyl (C=O) groups excluding carboxylic acids is 4. The number of hydrogen-bond donors (Lipinski definition) is 3. The molecule has 3 N–H and O–H groups in total. The highest BCUT2D eigenvalue weighted by Gasteiger charge is 2.54. The maximum atomic E-state index is 13.1. The highest BCUT2D eigenvalue weighted by molar-refractivity contribution is 6.10. The largest absolute Gasteiger partial charge is 0.467 e. The van der Waals surface area contributed by atoms with E-state index in [1.54, 1.807) is 12.1 Å². The molecule has 0 bridgehead atoms. The van der Waals surface area contributed by atoms with Crippen molar-refractivity contribution in [3.05, 3.63) is 59.5 Å². The van der Waals surface area contributed by atoms with Gasteiger partial charge in [-0.1, -0.05) is 24.3 Å². The van der Waals surface area contributed by atoms with Crippen LogP contribution in [0.5, 0.6) is 0 Å². The van der Waals surface area contributed by atoms with E-state index in [1.165, 1.54) is 6.26 Å². The first-order valence-corrected chi connectivity index (χ1v) is 9.32. The highest BCUT2D eigenvalue weighted by atomic mass is 16.3. The number of rotatable bonds is 4. The predicted octanol–water partition coefficient (Wildman–Crippen LogP) is 1.39.